The van der Waals surface area contributed by atoms with Crippen LogP contribution in [0.5, 0.6) is 0 Å². The number of benzene rings is 1. The number of carbonyl (C=O) groups excluding carboxylic acids is 3. The number of hydrogen-bond acceptors (Lipinski definition) is 3. The van der Waals surface area contributed by atoms with Crippen LogP contribution in [0.15, 0.2) is 24.3 Å². The molecule has 1 saturated carbocycles. The van der Waals surface area contributed by atoms with Crippen molar-refractivity contribution in [2.24, 2.45) is 5.92 Å². The maximum absolute atomic E-state index is 13.0. The van der Waals surface area contributed by atoms with Gasteiger partial charge in [-0.05, 0) is 45.1 Å². The summed E-state index contributed by atoms with van der Waals surface area (Å²) in [5.74, 6) is -1.54. The molecule has 158 valence electrons. The van der Waals surface area contributed by atoms with E-state index in [2.05, 4.69) is 5.32 Å². The zero-order valence-electron chi connectivity index (χ0n) is 16.5. The van der Waals surface area contributed by atoms with Crippen molar-refractivity contribution < 1.29 is 27.6 Å². The first kappa shape index (κ1) is 21.1. The molecule has 1 aliphatic heterocycles. The molecule has 1 aliphatic carbocycles. The van der Waals surface area contributed by atoms with E-state index in [1.807, 2.05) is 6.92 Å². The van der Waals surface area contributed by atoms with E-state index < -0.39 is 48.7 Å². The molecule has 2 aliphatic rings. The average Bonchev–Trinajstić information content (AvgIpc) is 3.44. The van der Waals surface area contributed by atoms with Gasteiger partial charge in [0.25, 0.3) is 5.91 Å². The van der Waals surface area contributed by atoms with E-state index in [1.54, 1.807) is 31.2 Å². The normalized spacial score (nSPS) is 23.2. The summed E-state index contributed by atoms with van der Waals surface area (Å²) in [6, 6.07) is 5.58. The van der Waals surface area contributed by atoms with Gasteiger partial charge in [0, 0.05) is 6.04 Å². The van der Waals surface area contributed by atoms with Crippen LogP contribution in [0.3, 0.4) is 0 Å². The molecule has 29 heavy (non-hydrogen) atoms. The van der Waals surface area contributed by atoms with Crippen LogP contribution in [0.2, 0.25) is 0 Å². The Morgan fingerprint density at radius 1 is 1.28 bits per heavy atom. The Hall–Kier alpha value is -2.58. The highest BCUT2D eigenvalue weighted by Gasteiger charge is 2.50. The number of carbonyl (C=O) groups is 3. The Kier molecular flexibility index (Phi) is 5.36. The number of imide groups is 1. The second-order valence-corrected chi connectivity index (χ2v) is 8.03. The summed E-state index contributed by atoms with van der Waals surface area (Å²) in [5, 5.41) is 2.57. The molecule has 6 nitrogen and oxygen atoms in total. The van der Waals surface area contributed by atoms with Crippen LogP contribution in [0, 0.1) is 12.8 Å². The predicted octanol–water partition coefficient (Wildman–Crippen LogP) is 2.95. The van der Waals surface area contributed by atoms with Gasteiger partial charge in [-0.3, -0.25) is 14.5 Å². The Balaban J connectivity index is 1.78. The molecular weight excluding hydrogens is 387 g/mol. The SMILES string of the molecule is Cc1ccc([C@@]2(C)NC(=O)N(CC(=O)N(CC(F)(F)F)[C@@H](C)C3CC3)C2=O)cc1. The molecule has 1 aromatic rings. The molecule has 4 amide bonds. The lowest BCUT2D eigenvalue weighted by molar-refractivity contribution is -0.166. The van der Waals surface area contributed by atoms with Crippen LogP contribution >= 0.6 is 0 Å². The molecule has 0 unspecified atom stereocenters. The fraction of sp³-hybridized carbons (Fsp3) is 0.550. The number of hydrogen-bond donors (Lipinski definition) is 1. The van der Waals surface area contributed by atoms with Gasteiger partial charge >= 0.3 is 12.2 Å². The molecule has 0 aromatic heterocycles. The lowest BCUT2D eigenvalue weighted by Gasteiger charge is -2.31. The molecule has 1 saturated heterocycles. The van der Waals surface area contributed by atoms with Crippen molar-refractivity contribution in [1.82, 2.24) is 15.1 Å². The zero-order chi connectivity index (χ0) is 21.6. The highest BCUT2D eigenvalue weighted by molar-refractivity contribution is 6.09. The first-order chi connectivity index (χ1) is 13.4. The van der Waals surface area contributed by atoms with E-state index in [0.717, 1.165) is 23.3 Å². The van der Waals surface area contributed by atoms with Crippen LogP contribution in [0.1, 0.15) is 37.8 Å². The number of urea groups is 1. The number of rotatable bonds is 6. The van der Waals surface area contributed by atoms with Gasteiger partial charge in [0.05, 0.1) is 0 Å². The van der Waals surface area contributed by atoms with Crippen LogP contribution in [0.4, 0.5) is 18.0 Å². The van der Waals surface area contributed by atoms with Gasteiger partial charge in [-0.1, -0.05) is 29.8 Å². The van der Waals surface area contributed by atoms with Gasteiger partial charge in [-0.15, -0.1) is 0 Å². The number of amides is 4. The topological polar surface area (TPSA) is 69.7 Å². The molecule has 2 atom stereocenters. The zero-order valence-corrected chi connectivity index (χ0v) is 16.5. The fourth-order valence-electron chi connectivity index (χ4n) is 3.63. The lowest BCUT2D eigenvalue weighted by Crippen LogP contribution is -2.50. The van der Waals surface area contributed by atoms with E-state index >= 15 is 0 Å². The summed E-state index contributed by atoms with van der Waals surface area (Å²) in [5.41, 5.74) is 0.134. The number of halogens is 3. The summed E-state index contributed by atoms with van der Waals surface area (Å²) in [6.07, 6.45) is -3.04. The summed E-state index contributed by atoms with van der Waals surface area (Å²) < 4.78 is 39.0. The average molecular weight is 411 g/mol. The van der Waals surface area contributed by atoms with Crippen molar-refractivity contribution in [3.05, 3.63) is 35.4 Å². The van der Waals surface area contributed by atoms with E-state index in [9.17, 15) is 27.6 Å². The summed E-state index contributed by atoms with van der Waals surface area (Å²) in [4.78, 5) is 39.5. The van der Waals surface area contributed by atoms with E-state index in [1.165, 1.54) is 6.92 Å². The highest BCUT2D eigenvalue weighted by Crippen LogP contribution is 2.36. The van der Waals surface area contributed by atoms with Crippen molar-refractivity contribution in [1.29, 1.82) is 0 Å². The first-order valence-electron chi connectivity index (χ1n) is 9.50. The Morgan fingerprint density at radius 3 is 2.38 bits per heavy atom. The van der Waals surface area contributed by atoms with Gasteiger partial charge in [-0.2, -0.15) is 13.2 Å². The molecule has 1 N–H and O–H groups in total. The smallest absolute Gasteiger partial charge is 0.329 e. The van der Waals surface area contributed by atoms with Gasteiger partial charge in [0.2, 0.25) is 5.91 Å². The summed E-state index contributed by atoms with van der Waals surface area (Å²) >= 11 is 0. The van der Waals surface area contributed by atoms with E-state index in [4.69, 9.17) is 0 Å². The Bertz CT molecular complexity index is 821. The molecule has 1 heterocycles. The van der Waals surface area contributed by atoms with Crippen molar-refractivity contribution in [2.45, 2.75) is 51.4 Å². The van der Waals surface area contributed by atoms with E-state index in [0.29, 0.717) is 10.5 Å². The van der Waals surface area contributed by atoms with Crippen LogP contribution in [-0.2, 0) is 15.1 Å². The maximum atomic E-state index is 13.0. The van der Waals surface area contributed by atoms with Crippen molar-refractivity contribution >= 4 is 17.8 Å². The minimum Gasteiger partial charge on any atom is -0.329 e. The fourth-order valence-corrected chi connectivity index (χ4v) is 3.63. The van der Waals surface area contributed by atoms with E-state index in [-0.39, 0.29) is 5.92 Å². The standard InChI is InChI=1S/C20H24F3N3O3/c1-12-4-8-15(9-5-12)19(3)17(28)25(18(29)24-19)10-16(27)26(11-20(21,22)23)13(2)14-6-7-14/h4-5,8-9,13-14H,6-7,10-11H2,1-3H3,(H,24,29)/t13-,19+/m0/s1. The largest absolute Gasteiger partial charge is 0.406 e. The number of nitrogens with zero attached hydrogens (tertiary/aromatic N) is 2. The van der Waals surface area contributed by atoms with Crippen molar-refractivity contribution in [3.63, 3.8) is 0 Å². The third kappa shape index (κ3) is 4.38. The molecular formula is C20H24F3N3O3. The molecule has 0 radical (unpaired) electrons. The number of aryl methyl sites for hydroxylation is 1. The van der Waals surface area contributed by atoms with Gasteiger partial charge in [0.15, 0.2) is 0 Å². The molecule has 1 aromatic carbocycles. The highest BCUT2D eigenvalue weighted by atomic mass is 19.4. The molecule has 2 fully saturated rings. The first-order valence-corrected chi connectivity index (χ1v) is 9.50. The minimum atomic E-state index is -4.56. The van der Waals surface area contributed by atoms with Crippen LogP contribution < -0.4 is 5.32 Å². The van der Waals surface area contributed by atoms with Gasteiger partial charge in [-0.25, -0.2) is 4.79 Å². The molecule has 3 rings (SSSR count). The monoisotopic (exact) mass is 411 g/mol. The predicted molar refractivity (Wildman–Crippen MR) is 98.7 cm³/mol. The summed E-state index contributed by atoms with van der Waals surface area (Å²) in [6.45, 7) is 2.84. The third-order valence-electron chi connectivity index (χ3n) is 5.66. The maximum Gasteiger partial charge on any atom is 0.406 e. The molecule has 0 bridgehead atoms. The number of nitrogens with one attached hydrogen (secondary N) is 1. The van der Waals surface area contributed by atoms with Crippen molar-refractivity contribution in [3.8, 4) is 0 Å². The lowest BCUT2D eigenvalue weighted by atomic mass is 9.91. The Labute approximate surface area is 167 Å². The summed E-state index contributed by atoms with van der Waals surface area (Å²) in [7, 11) is 0. The third-order valence-corrected chi connectivity index (χ3v) is 5.66. The van der Waals surface area contributed by atoms with Gasteiger partial charge < -0.3 is 10.2 Å². The van der Waals surface area contributed by atoms with Crippen LogP contribution in [-0.4, -0.2) is 53.0 Å². The van der Waals surface area contributed by atoms with Crippen molar-refractivity contribution in [2.75, 3.05) is 13.1 Å². The Morgan fingerprint density at radius 2 is 1.86 bits per heavy atom. The molecule has 0 spiro atoms. The second kappa shape index (κ2) is 7.35. The van der Waals surface area contributed by atoms with Crippen LogP contribution in [0.25, 0.3) is 0 Å². The second-order valence-electron chi connectivity index (χ2n) is 8.03. The van der Waals surface area contributed by atoms with Gasteiger partial charge in [0.1, 0.15) is 18.6 Å². The minimum absolute atomic E-state index is 0.0160. The number of alkyl halides is 3. The quantitative estimate of drug-likeness (QED) is 0.732. The molecule has 9 heteroatoms.